The molecule has 4 heteroatoms. The van der Waals surface area contributed by atoms with Crippen LogP contribution in [-0.4, -0.2) is 29.1 Å². The van der Waals surface area contributed by atoms with E-state index in [1.165, 1.54) is 0 Å². The van der Waals surface area contributed by atoms with Crippen LogP contribution in [0, 0.1) is 0 Å². The second-order valence-corrected chi connectivity index (χ2v) is 4.14. The molecule has 2 atom stereocenters. The lowest BCUT2D eigenvalue weighted by Crippen LogP contribution is -2.20. The quantitative estimate of drug-likeness (QED) is 0.634. The van der Waals surface area contributed by atoms with Crippen LogP contribution in [0.3, 0.4) is 0 Å². The number of carbonyl (C=O) groups excluding carboxylic acids is 2. The van der Waals surface area contributed by atoms with Gasteiger partial charge >= 0.3 is 5.97 Å². The number of ketones is 1. The van der Waals surface area contributed by atoms with E-state index in [2.05, 4.69) is 0 Å². The predicted octanol–water partition coefficient (Wildman–Crippen LogP) is 1.37. The Balaban J connectivity index is 2.61. The van der Waals surface area contributed by atoms with E-state index in [4.69, 9.17) is 4.74 Å². The van der Waals surface area contributed by atoms with E-state index in [9.17, 15) is 14.7 Å². The number of ether oxygens (including phenoxy) is 1. The zero-order chi connectivity index (χ0) is 12.0. The van der Waals surface area contributed by atoms with Crippen molar-refractivity contribution in [2.24, 2.45) is 0 Å². The molecule has 0 spiro atoms. The molecular formula is C12H18O4. The van der Waals surface area contributed by atoms with Gasteiger partial charge in [-0.2, -0.15) is 0 Å². The molecule has 0 fully saturated rings. The summed E-state index contributed by atoms with van der Waals surface area (Å²) in [5, 5.41) is 9.45. The molecule has 1 aliphatic heterocycles. The SMILES string of the molecule is C[C@H]1CCCCCC(O)C(=O)/C=C\C(=O)O1. The summed E-state index contributed by atoms with van der Waals surface area (Å²) < 4.78 is 5.05. The normalized spacial score (nSPS) is 31.1. The summed E-state index contributed by atoms with van der Waals surface area (Å²) in [5.74, 6) is -0.946. The van der Waals surface area contributed by atoms with Gasteiger partial charge in [-0.3, -0.25) is 4.79 Å². The topological polar surface area (TPSA) is 63.6 Å². The van der Waals surface area contributed by atoms with Crippen molar-refractivity contribution in [1.82, 2.24) is 0 Å². The molecule has 1 aliphatic rings. The van der Waals surface area contributed by atoms with Gasteiger partial charge in [0, 0.05) is 6.08 Å². The van der Waals surface area contributed by atoms with Crippen LogP contribution in [0.15, 0.2) is 12.2 Å². The molecule has 1 heterocycles. The number of aliphatic hydroxyl groups is 1. The van der Waals surface area contributed by atoms with Gasteiger partial charge in [0.1, 0.15) is 6.10 Å². The fourth-order valence-electron chi connectivity index (χ4n) is 1.65. The predicted molar refractivity (Wildman–Crippen MR) is 58.8 cm³/mol. The van der Waals surface area contributed by atoms with Crippen LogP contribution in [0.5, 0.6) is 0 Å². The number of carbonyl (C=O) groups is 2. The highest BCUT2D eigenvalue weighted by Crippen LogP contribution is 2.11. The maximum Gasteiger partial charge on any atom is 0.331 e. The summed E-state index contributed by atoms with van der Waals surface area (Å²) in [6.45, 7) is 1.84. The average Bonchev–Trinajstić information content (AvgIpc) is 2.23. The van der Waals surface area contributed by atoms with Crippen molar-refractivity contribution in [1.29, 1.82) is 0 Å². The Morgan fingerprint density at radius 1 is 1.19 bits per heavy atom. The molecule has 0 bridgehead atoms. The van der Waals surface area contributed by atoms with E-state index in [0.717, 1.165) is 37.8 Å². The van der Waals surface area contributed by atoms with Crippen molar-refractivity contribution in [3.8, 4) is 0 Å². The Labute approximate surface area is 95.3 Å². The van der Waals surface area contributed by atoms with Gasteiger partial charge in [-0.1, -0.05) is 12.8 Å². The number of cyclic esters (lactones) is 1. The van der Waals surface area contributed by atoms with Crippen LogP contribution < -0.4 is 0 Å². The van der Waals surface area contributed by atoms with E-state index in [1.807, 2.05) is 6.92 Å². The van der Waals surface area contributed by atoms with E-state index in [1.54, 1.807) is 0 Å². The molecule has 0 aromatic carbocycles. The van der Waals surface area contributed by atoms with Gasteiger partial charge in [0.05, 0.1) is 6.10 Å². The Kier molecular flexibility index (Phi) is 5.19. The second kappa shape index (κ2) is 6.43. The number of hydrogen-bond acceptors (Lipinski definition) is 4. The zero-order valence-electron chi connectivity index (χ0n) is 9.52. The molecule has 0 amide bonds. The van der Waals surface area contributed by atoms with E-state index >= 15 is 0 Å². The molecule has 0 radical (unpaired) electrons. The maximum absolute atomic E-state index is 11.3. The van der Waals surface area contributed by atoms with Gasteiger partial charge < -0.3 is 9.84 Å². The standard InChI is InChI=1S/C12H18O4/c1-9-5-3-2-4-6-10(13)11(14)7-8-12(15)16-9/h7-10,13H,2-6H2,1H3/b8-7-/t9-,10?/m0/s1. The van der Waals surface area contributed by atoms with Crippen LogP contribution in [0.25, 0.3) is 0 Å². The summed E-state index contributed by atoms with van der Waals surface area (Å²) in [5.41, 5.74) is 0. The second-order valence-electron chi connectivity index (χ2n) is 4.14. The highest BCUT2D eigenvalue weighted by molar-refractivity contribution is 5.98. The molecule has 1 N–H and O–H groups in total. The van der Waals surface area contributed by atoms with E-state index in [0.29, 0.717) is 6.42 Å². The Hall–Kier alpha value is -1.16. The van der Waals surface area contributed by atoms with Gasteiger partial charge in [-0.25, -0.2) is 4.79 Å². The molecule has 16 heavy (non-hydrogen) atoms. The van der Waals surface area contributed by atoms with Gasteiger partial charge in [-0.15, -0.1) is 0 Å². The summed E-state index contributed by atoms with van der Waals surface area (Å²) in [6, 6.07) is 0. The highest BCUT2D eigenvalue weighted by Gasteiger charge is 2.14. The number of hydrogen-bond donors (Lipinski definition) is 1. The van der Waals surface area contributed by atoms with Crippen molar-refractivity contribution < 1.29 is 19.4 Å². The average molecular weight is 226 g/mol. The van der Waals surface area contributed by atoms with Crippen LogP contribution in [0.4, 0.5) is 0 Å². The largest absolute Gasteiger partial charge is 0.460 e. The van der Waals surface area contributed by atoms with Crippen molar-refractivity contribution in [2.75, 3.05) is 0 Å². The summed E-state index contributed by atoms with van der Waals surface area (Å²) in [7, 11) is 0. The molecule has 0 aliphatic carbocycles. The van der Waals surface area contributed by atoms with Crippen LogP contribution in [0.2, 0.25) is 0 Å². The van der Waals surface area contributed by atoms with Crippen molar-refractivity contribution in [3.05, 3.63) is 12.2 Å². The minimum Gasteiger partial charge on any atom is -0.460 e. The summed E-state index contributed by atoms with van der Waals surface area (Å²) in [6.07, 6.45) is 5.08. The number of aliphatic hydroxyl groups excluding tert-OH is 1. The van der Waals surface area contributed by atoms with E-state index < -0.39 is 17.9 Å². The molecule has 4 nitrogen and oxygen atoms in total. The summed E-state index contributed by atoms with van der Waals surface area (Å²) >= 11 is 0. The molecule has 0 aromatic heterocycles. The molecule has 0 aromatic rings. The lowest BCUT2D eigenvalue weighted by atomic mass is 10.0. The smallest absolute Gasteiger partial charge is 0.331 e. The fourth-order valence-corrected chi connectivity index (χ4v) is 1.65. The monoisotopic (exact) mass is 226 g/mol. The third-order valence-electron chi connectivity index (χ3n) is 2.62. The summed E-state index contributed by atoms with van der Waals surface area (Å²) in [4.78, 5) is 22.5. The minimum atomic E-state index is -0.985. The maximum atomic E-state index is 11.3. The third-order valence-corrected chi connectivity index (χ3v) is 2.62. The minimum absolute atomic E-state index is 0.114. The Bertz CT molecular complexity index is 283. The van der Waals surface area contributed by atoms with Crippen LogP contribution >= 0.6 is 0 Å². The van der Waals surface area contributed by atoms with Crippen LogP contribution in [0.1, 0.15) is 39.0 Å². The van der Waals surface area contributed by atoms with E-state index in [-0.39, 0.29) is 6.10 Å². The van der Waals surface area contributed by atoms with Crippen LogP contribution in [-0.2, 0) is 14.3 Å². The lowest BCUT2D eigenvalue weighted by Gasteiger charge is -2.13. The molecule has 0 saturated carbocycles. The molecular weight excluding hydrogens is 208 g/mol. The van der Waals surface area contributed by atoms with Crippen molar-refractivity contribution >= 4 is 11.8 Å². The van der Waals surface area contributed by atoms with Gasteiger partial charge in [0.15, 0.2) is 5.78 Å². The Morgan fingerprint density at radius 3 is 2.62 bits per heavy atom. The van der Waals surface area contributed by atoms with Gasteiger partial charge in [0.2, 0.25) is 0 Å². The molecule has 90 valence electrons. The Morgan fingerprint density at radius 2 is 1.88 bits per heavy atom. The third kappa shape index (κ3) is 4.57. The molecule has 1 unspecified atom stereocenters. The number of rotatable bonds is 0. The first-order valence-electron chi connectivity index (χ1n) is 5.70. The fraction of sp³-hybridized carbons (Fsp3) is 0.667. The number of esters is 1. The first kappa shape index (κ1) is 12.9. The highest BCUT2D eigenvalue weighted by atomic mass is 16.5. The molecule has 0 saturated heterocycles. The first-order valence-corrected chi connectivity index (χ1v) is 5.70. The molecule has 1 rings (SSSR count). The van der Waals surface area contributed by atoms with Gasteiger partial charge in [-0.05, 0) is 32.3 Å². The lowest BCUT2D eigenvalue weighted by molar-refractivity contribution is -0.142. The van der Waals surface area contributed by atoms with Crippen molar-refractivity contribution in [3.63, 3.8) is 0 Å². The van der Waals surface area contributed by atoms with Gasteiger partial charge in [0.25, 0.3) is 0 Å². The van der Waals surface area contributed by atoms with Crippen molar-refractivity contribution in [2.45, 2.75) is 51.2 Å². The first-order chi connectivity index (χ1) is 7.59. The zero-order valence-corrected chi connectivity index (χ0v) is 9.52.